The van der Waals surface area contributed by atoms with Crippen molar-refractivity contribution in [1.82, 2.24) is 14.1 Å². The second-order valence-electron chi connectivity index (χ2n) is 5.07. The summed E-state index contributed by atoms with van der Waals surface area (Å²) in [6, 6.07) is 4.57. The van der Waals surface area contributed by atoms with E-state index in [1.54, 1.807) is 11.3 Å². The van der Waals surface area contributed by atoms with Crippen LogP contribution in [-0.4, -0.2) is 27.9 Å². The summed E-state index contributed by atoms with van der Waals surface area (Å²) in [6.45, 7) is 3.87. The summed E-state index contributed by atoms with van der Waals surface area (Å²) < 4.78 is 14.6. The fourth-order valence-corrected chi connectivity index (χ4v) is 3.71. The molecule has 4 nitrogen and oxygen atoms in total. The molecule has 0 saturated carbocycles. The number of hydrogen-bond acceptors (Lipinski definition) is 6. The Morgan fingerprint density at radius 3 is 3.19 bits per heavy atom. The van der Waals surface area contributed by atoms with Gasteiger partial charge < -0.3 is 10.1 Å². The van der Waals surface area contributed by atoms with Gasteiger partial charge in [0.2, 0.25) is 0 Å². The average Bonchev–Trinajstić information content (AvgIpc) is 3.16. The molecule has 1 unspecified atom stereocenters. The van der Waals surface area contributed by atoms with Crippen molar-refractivity contribution in [3.8, 4) is 5.88 Å². The van der Waals surface area contributed by atoms with Gasteiger partial charge in [-0.05, 0) is 49.8 Å². The van der Waals surface area contributed by atoms with Crippen molar-refractivity contribution >= 4 is 28.6 Å². The molecular weight excluding hydrogens is 302 g/mol. The summed E-state index contributed by atoms with van der Waals surface area (Å²) in [4.78, 5) is 1.41. The zero-order valence-corrected chi connectivity index (χ0v) is 13.7. The van der Waals surface area contributed by atoms with E-state index in [1.165, 1.54) is 22.2 Å². The zero-order valence-electron chi connectivity index (χ0n) is 12.0. The molecule has 2 aromatic rings. The molecule has 21 heavy (non-hydrogen) atoms. The topological polar surface area (TPSA) is 47.0 Å². The van der Waals surface area contributed by atoms with Crippen LogP contribution in [0.25, 0.3) is 5.57 Å². The smallest absolute Gasteiger partial charge is 0.253 e. The molecule has 112 valence electrons. The standard InChI is InChI=1S/C15H19N3OS2/c1-11-13(7-2-8-16-11)14-15(18-21-17-14)19-9-3-5-12-6-4-10-20-12/h4,6-7,10-11,16H,2-3,5,8-9H2,1H3. The van der Waals surface area contributed by atoms with Crippen LogP contribution in [0.2, 0.25) is 0 Å². The highest BCUT2D eigenvalue weighted by atomic mass is 32.1. The molecule has 0 saturated heterocycles. The van der Waals surface area contributed by atoms with Crippen LogP contribution in [0.3, 0.4) is 0 Å². The van der Waals surface area contributed by atoms with Crippen LogP contribution in [0.15, 0.2) is 23.6 Å². The van der Waals surface area contributed by atoms with E-state index in [-0.39, 0.29) is 0 Å². The lowest BCUT2D eigenvalue weighted by molar-refractivity contribution is 0.301. The van der Waals surface area contributed by atoms with Gasteiger partial charge in [0.1, 0.15) is 5.69 Å². The molecule has 0 fully saturated rings. The first-order chi connectivity index (χ1) is 10.3. The van der Waals surface area contributed by atoms with E-state index in [0.717, 1.165) is 31.5 Å². The van der Waals surface area contributed by atoms with Crippen LogP contribution in [0.4, 0.5) is 0 Å². The molecule has 1 aliphatic rings. The number of hydrogen-bond donors (Lipinski definition) is 1. The number of nitrogens with one attached hydrogen (secondary N) is 1. The number of aryl methyl sites for hydroxylation is 1. The van der Waals surface area contributed by atoms with Gasteiger partial charge in [-0.25, -0.2) is 0 Å². The molecule has 2 aromatic heterocycles. The lowest BCUT2D eigenvalue weighted by atomic mass is 10.0. The van der Waals surface area contributed by atoms with Gasteiger partial charge >= 0.3 is 0 Å². The van der Waals surface area contributed by atoms with Crippen LogP contribution < -0.4 is 10.1 Å². The Kier molecular flexibility index (Phi) is 5.00. The molecule has 0 aromatic carbocycles. The molecule has 0 bridgehead atoms. The summed E-state index contributed by atoms with van der Waals surface area (Å²) in [5, 5.41) is 5.56. The monoisotopic (exact) mass is 321 g/mol. The third-order valence-corrected chi connectivity index (χ3v) is 4.99. The normalized spacial score (nSPS) is 18.5. The van der Waals surface area contributed by atoms with E-state index in [1.807, 2.05) is 0 Å². The lowest BCUT2D eigenvalue weighted by Gasteiger charge is -2.21. The molecule has 0 radical (unpaired) electrons. The maximum absolute atomic E-state index is 5.85. The molecule has 1 atom stereocenters. The van der Waals surface area contributed by atoms with Gasteiger partial charge in [0.15, 0.2) is 0 Å². The van der Waals surface area contributed by atoms with Gasteiger partial charge in [0.05, 0.1) is 18.3 Å². The number of rotatable bonds is 6. The molecule has 1 N–H and O–H groups in total. The molecule has 0 amide bonds. The van der Waals surface area contributed by atoms with E-state index in [2.05, 4.69) is 44.6 Å². The van der Waals surface area contributed by atoms with E-state index >= 15 is 0 Å². The van der Waals surface area contributed by atoms with Crippen molar-refractivity contribution in [1.29, 1.82) is 0 Å². The third-order valence-electron chi connectivity index (χ3n) is 3.54. The second-order valence-corrected chi connectivity index (χ2v) is 6.63. The summed E-state index contributed by atoms with van der Waals surface area (Å²) in [6.07, 6.45) is 5.35. The fourth-order valence-electron chi connectivity index (χ4n) is 2.44. The molecule has 3 heterocycles. The molecular formula is C15H19N3OS2. The molecule has 1 aliphatic heterocycles. The Balaban J connectivity index is 1.57. The number of aromatic nitrogens is 2. The Morgan fingerprint density at radius 2 is 2.38 bits per heavy atom. The first-order valence-corrected chi connectivity index (χ1v) is 8.87. The predicted octanol–water partition coefficient (Wildman–Crippen LogP) is 3.38. The third kappa shape index (κ3) is 3.70. The summed E-state index contributed by atoms with van der Waals surface area (Å²) in [5.41, 5.74) is 2.12. The van der Waals surface area contributed by atoms with Gasteiger partial charge in [0, 0.05) is 10.9 Å². The first kappa shape index (κ1) is 14.7. The summed E-state index contributed by atoms with van der Waals surface area (Å²) >= 11 is 3.02. The SMILES string of the molecule is CC1NCCC=C1c1nsnc1OCCCc1cccs1. The van der Waals surface area contributed by atoms with Crippen LogP contribution in [0.5, 0.6) is 5.88 Å². The first-order valence-electron chi connectivity index (χ1n) is 7.26. The Labute approximate surface area is 133 Å². The van der Waals surface area contributed by atoms with Gasteiger partial charge in [-0.3, -0.25) is 0 Å². The van der Waals surface area contributed by atoms with Crippen LogP contribution in [-0.2, 0) is 6.42 Å². The number of nitrogens with zero attached hydrogens (tertiary/aromatic N) is 2. The zero-order chi connectivity index (χ0) is 14.5. The molecule has 0 aliphatic carbocycles. The van der Waals surface area contributed by atoms with Crippen molar-refractivity contribution < 1.29 is 4.74 Å². The Morgan fingerprint density at radius 1 is 1.43 bits per heavy atom. The Hall–Kier alpha value is -1.24. The number of thiophene rings is 1. The van der Waals surface area contributed by atoms with Crippen LogP contribution in [0.1, 0.15) is 30.3 Å². The molecule has 0 spiro atoms. The van der Waals surface area contributed by atoms with Crippen LogP contribution in [0, 0.1) is 0 Å². The van der Waals surface area contributed by atoms with Gasteiger partial charge in [0.25, 0.3) is 5.88 Å². The summed E-state index contributed by atoms with van der Waals surface area (Å²) in [5.74, 6) is 0.688. The Bertz CT molecular complexity index is 592. The van der Waals surface area contributed by atoms with Gasteiger partial charge in [-0.2, -0.15) is 4.37 Å². The van der Waals surface area contributed by atoms with Crippen molar-refractivity contribution in [3.63, 3.8) is 0 Å². The maximum Gasteiger partial charge on any atom is 0.253 e. The van der Waals surface area contributed by atoms with Crippen molar-refractivity contribution in [2.75, 3.05) is 13.2 Å². The van der Waals surface area contributed by atoms with Gasteiger partial charge in [-0.15, -0.1) is 15.7 Å². The minimum atomic E-state index is 0.316. The second kappa shape index (κ2) is 7.15. The average molecular weight is 321 g/mol. The fraction of sp³-hybridized carbons (Fsp3) is 0.467. The van der Waals surface area contributed by atoms with E-state index in [0.29, 0.717) is 18.5 Å². The van der Waals surface area contributed by atoms with E-state index in [9.17, 15) is 0 Å². The van der Waals surface area contributed by atoms with Crippen LogP contribution >= 0.6 is 23.1 Å². The lowest BCUT2D eigenvalue weighted by Crippen LogP contribution is -2.31. The van der Waals surface area contributed by atoms with Crippen molar-refractivity contribution in [2.45, 2.75) is 32.2 Å². The van der Waals surface area contributed by atoms with E-state index in [4.69, 9.17) is 4.74 Å². The van der Waals surface area contributed by atoms with E-state index < -0.39 is 0 Å². The highest BCUT2D eigenvalue weighted by Gasteiger charge is 2.21. The summed E-state index contributed by atoms with van der Waals surface area (Å²) in [7, 11) is 0. The van der Waals surface area contributed by atoms with Crippen molar-refractivity contribution in [2.24, 2.45) is 0 Å². The predicted molar refractivity (Wildman–Crippen MR) is 88.1 cm³/mol. The van der Waals surface area contributed by atoms with Crippen molar-refractivity contribution in [3.05, 3.63) is 34.2 Å². The minimum absolute atomic E-state index is 0.316. The largest absolute Gasteiger partial charge is 0.475 e. The maximum atomic E-state index is 5.85. The minimum Gasteiger partial charge on any atom is -0.475 e. The molecule has 3 rings (SSSR count). The highest BCUT2D eigenvalue weighted by Crippen LogP contribution is 2.28. The van der Waals surface area contributed by atoms with Gasteiger partial charge in [-0.1, -0.05) is 12.1 Å². The molecule has 6 heteroatoms. The quantitative estimate of drug-likeness (QED) is 0.829. The number of ether oxygens (including phenoxy) is 1. The highest BCUT2D eigenvalue weighted by molar-refractivity contribution is 7.09.